The summed E-state index contributed by atoms with van der Waals surface area (Å²) in [5.74, 6) is -2.25. The maximum absolute atomic E-state index is 10.0. The fraction of sp³-hybridized carbons (Fsp3) is 0.429. The van der Waals surface area contributed by atoms with Crippen LogP contribution >= 0.6 is 11.8 Å². The monoisotopic (exact) mass is 527 g/mol. The van der Waals surface area contributed by atoms with Crippen LogP contribution in [0.3, 0.4) is 0 Å². The maximum atomic E-state index is 10.0. The predicted octanol–water partition coefficient (Wildman–Crippen LogP) is 3.74. The number of hydrogen-bond donors (Lipinski definition) is 4. The molecule has 9 heteroatoms. The zero-order valence-electron chi connectivity index (χ0n) is 20.8. The van der Waals surface area contributed by atoms with Crippen molar-refractivity contribution in [1.29, 1.82) is 0 Å². The van der Waals surface area contributed by atoms with Gasteiger partial charge in [-0.25, -0.2) is 9.59 Å². The number of carbonyl (C=O) groups is 2. The second-order valence-electron chi connectivity index (χ2n) is 9.66. The largest absolute Gasteiger partial charge is 0.497 e. The van der Waals surface area contributed by atoms with E-state index in [0.717, 1.165) is 57.5 Å². The Morgan fingerprint density at radius 2 is 1.62 bits per heavy atom. The number of hydrogen-bond acceptors (Lipinski definition) is 7. The van der Waals surface area contributed by atoms with Crippen LogP contribution in [0.15, 0.2) is 57.8 Å². The molecule has 2 aromatic carbocycles. The van der Waals surface area contributed by atoms with E-state index in [4.69, 9.17) is 24.5 Å². The summed E-state index contributed by atoms with van der Waals surface area (Å²) in [4.78, 5) is 23.4. The van der Waals surface area contributed by atoms with Gasteiger partial charge in [0.2, 0.25) is 0 Å². The average molecular weight is 528 g/mol. The normalized spacial score (nSPS) is 23.3. The molecule has 3 aliphatic rings. The Hall–Kier alpha value is -2.85. The van der Waals surface area contributed by atoms with Crippen LogP contribution in [0, 0.1) is 5.92 Å². The van der Waals surface area contributed by atoms with Crippen LogP contribution < -0.4 is 4.74 Å². The highest BCUT2D eigenvalue weighted by atomic mass is 32.2. The minimum atomic E-state index is -1.82. The molecule has 1 saturated heterocycles. The third-order valence-corrected chi connectivity index (χ3v) is 8.39. The van der Waals surface area contributed by atoms with Crippen molar-refractivity contribution in [3.8, 4) is 5.75 Å². The zero-order chi connectivity index (χ0) is 26.5. The molecule has 1 aliphatic carbocycles. The molecule has 0 bridgehead atoms. The van der Waals surface area contributed by atoms with Gasteiger partial charge < -0.3 is 30.1 Å². The fourth-order valence-electron chi connectivity index (χ4n) is 5.33. The summed E-state index contributed by atoms with van der Waals surface area (Å²) in [6.07, 6.45) is 3.52. The summed E-state index contributed by atoms with van der Waals surface area (Å²) >= 11 is 1.85. The number of methoxy groups -OCH3 is 1. The first-order chi connectivity index (χ1) is 17.8. The first-order valence-corrected chi connectivity index (χ1v) is 13.3. The van der Waals surface area contributed by atoms with E-state index in [1.54, 1.807) is 7.11 Å². The highest BCUT2D eigenvalue weighted by Gasteiger charge is 2.30. The third kappa shape index (κ3) is 6.54. The molecule has 0 unspecified atom stereocenters. The van der Waals surface area contributed by atoms with Gasteiger partial charge in [-0.1, -0.05) is 35.5 Å². The lowest BCUT2D eigenvalue weighted by Crippen LogP contribution is -2.40. The lowest BCUT2D eigenvalue weighted by Gasteiger charge is -2.37. The number of aliphatic hydroxyl groups excluding tert-OH is 2. The highest BCUT2D eigenvalue weighted by molar-refractivity contribution is 7.99. The van der Waals surface area contributed by atoms with Crippen molar-refractivity contribution < 1.29 is 34.8 Å². The van der Waals surface area contributed by atoms with Crippen LogP contribution in [0.2, 0.25) is 0 Å². The van der Waals surface area contributed by atoms with E-state index in [9.17, 15) is 10.2 Å². The summed E-state index contributed by atoms with van der Waals surface area (Å²) in [6, 6.07) is 15.2. The third-order valence-electron chi connectivity index (χ3n) is 7.23. The Morgan fingerprint density at radius 3 is 2.27 bits per heavy atom. The van der Waals surface area contributed by atoms with Gasteiger partial charge in [0.05, 0.1) is 19.3 Å². The second kappa shape index (κ2) is 12.1. The van der Waals surface area contributed by atoms with Gasteiger partial charge in [0.25, 0.3) is 0 Å². The molecule has 2 heterocycles. The van der Waals surface area contributed by atoms with Gasteiger partial charge in [-0.05, 0) is 79.0 Å². The maximum Gasteiger partial charge on any atom is 0.414 e. The molecule has 2 aromatic rings. The van der Waals surface area contributed by atoms with E-state index in [-0.39, 0.29) is 0 Å². The molecule has 1 saturated carbocycles. The smallest absolute Gasteiger partial charge is 0.414 e. The molecule has 2 fully saturated rings. The van der Waals surface area contributed by atoms with E-state index in [1.165, 1.54) is 32.1 Å². The fourth-order valence-corrected chi connectivity index (χ4v) is 6.40. The van der Waals surface area contributed by atoms with Crippen LogP contribution in [-0.4, -0.2) is 76.2 Å². The van der Waals surface area contributed by atoms with E-state index in [2.05, 4.69) is 47.4 Å². The molecule has 0 aromatic heterocycles. The van der Waals surface area contributed by atoms with E-state index in [1.807, 2.05) is 11.8 Å². The SMILES string of the molecule is COc1ccc2c(c1)C(=C1CCN(C[C@@H]3CC[C@H](O)[C@@H](O)C3)CC1)c1ccccc1S2.O=C(O)C(=O)O. The van der Waals surface area contributed by atoms with Crippen molar-refractivity contribution in [2.24, 2.45) is 5.92 Å². The Balaban J connectivity index is 0.000000480. The number of nitrogens with zero attached hydrogens (tertiary/aromatic N) is 1. The summed E-state index contributed by atoms with van der Waals surface area (Å²) in [5.41, 5.74) is 5.59. The van der Waals surface area contributed by atoms with Gasteiger partial charge in [-0.3, -0.25) is 0 Å². The van der Waals surface area contributed by atoms with Gasteiger partial charge in [0, 0.05) is 29.4 Å². The highest BCUT2D eigenvalue weighted by Crippen LogP contribution is 2.48. The molecule has 37 heavy (non-hydrogen) atoms. The molecule has 0 spiro atoms. The number of benzene rings is 2. The number of piperidine rings is 1. The number of carboxylic acid groups (broad SMARTS) is 2. The molecule has 5 rings (SSSR count). The second-order valence-corrected chi connectivity index (χ2v) is 10.7. The summed E-state index contributed by atoms with van der Waals surface area (Å²) in [6.45, 7) is 3.15. The number of fused-ring (bicyclic) bond motifs is 2. The molecule has 3 atom stereocenters. The number of carboxylic acids is 2. The van der Waals surface area contributed by atoms with Crippen LogP contribution in [0.25, 0.3) is 5.57 Å². The van der Waals surface area contributed by atoms with Crippen molar-refractivity contribution in [2.75, 3.05) is 26.7 Å². The molecule has 198 valence electrons. The van der Waals surface area contributed by atoms with Gasteiger partial charge in [0.15, 0.2) is 0 Å². The number of ether oxygens (including phenoxy) is 1. The standard InChI is InChI=1S/C26H31NO3S.C2H2O4/c1-30-19-7-9-25-21(15-19)26(20-4-2-3-5-24(20)31-25)18-10-12-27(13-11-18)16-17-6-8-22(28)23(29)14-17;3-1(4)2(5)6/h2-5,7,9,15,17,22-23,28-29H,6,8,10-14,16H2,1H3;(H,3,4)(H,5,6)/t17-,22+,23+;/m1./s1. The average Bonchev–Trinajstić information content (AvgIpc) is 2.90. The van der Waals surface area contributed by atoms with Crippen LogP contribution in [0.1, 0.15) is 43.2 Å². The Morgan fingerprint density at radius 1 is 0.946 bits per heavy atom. The van der Waals surface area contributed by atoms with Gasteiger partial charge in [-0.2, -0.15) is 0 Å². The molecule has 0 amide bonds. The number of aliphatic hydroxyl groups is 2. The Labute approximate surface area is 220 Å². The summed E-state index contributed by atoms with van der Waals surface area (Å²) < 4.78 is 5.54. The van der Waals surface area contributed by atoms with Gasteiger partial charge in [-0.15, -0.1) is 0 Å². The zero-order valence-corrected chi connectivity index (χ0v) is 21.6. The van der Waals surface area contributed by atoms with Crippen LogP contribution in [0.5, 0.6) is 5.75 Å². The summed E-state index contributed by atoms with van der Waals surface area (Å²) in [7, 11) is 1.73. The lowest BCUT2D eigenvalue weighted by atomic mass is 9.84. The van der Waals surface area contributed by atoms with Crippen molar-refractivity contribution in [2.45, 2.75) is 54.1 Å². The molecule has 8 nitrogen and oxygen atoms in total. The molecule has 2 aliphatic heterocycles. The number of rotatable bonds is 3. The van der Waals surface area contributed by atoms with E-state index >= 15 is 0 Å². The first-order valence-electron chi connectivity index (χ1n) is 12.5. The van der Waals surface area contributed by atoms with Crippen molar-refractivity contribution >= 4 is 29.3 Å². The predicted molar refractivity (Wildman–Crippen MR) is 140 cm³/mol. The minimum Gasteiger partial charge on any atom is -0.497 e. The van der Waals surface area contributed by atoms with Crippen molar-refractivity contribution in [3.63, 3.8) is 0 Å². The lowest BCUT2D eigenvalue weighted by molar-refractivity contribution is -0.159. The number of likely N-dealkylation sites (tertiary alicyclic amines) is 1. The van der Waals surface area contributed by atoms with E-state index in [0.29, 0.717) is 5.92 Å². The Bertz CT molecular complexity index is 1160. The minimum absolute atomic E-state index is 0.490. The van der Waals surface area contributed by atoms with Crippen molar-refractivity contribution in [1.82, 2.24) is 4.90 Å². The van der Waals surface area contributed by atoms with Crippen LogP contribution in [0.4, 0.5) is 0 Å². The van der Waals surface area contributed by atoms with Crippen molar-refractivity contribution in [3.05, 3.63) is 59.2 Å². The molecule has 4 N–H and O–H groups in total. The topological polar surface area (TPSA) is 128 Å². The molecule has 0 radical (unpaired) electrons. The van der Waals surface area contributed by atoms with E-state index < -0.39 is 24.1 Å². The first kappa shape index (κ1) is 27.2. The summed E-state index contributed by atoms with van der Waals surface area (Å²) in [5, 5.41) is 34.6. The number of aliphatic carboxylic acids is 2. The van der Waals surface area contributed by atoms with Crippen LogP contribution in [-0.2, 0) is 9.59 Å². The Kier molecular flexibility index (Phi) is 8.91. The molecular weight excluding hydrogens is 494 g/mol. The molecular formula is C28H33NO7S. The van der Waals surface area contributed by atoms with Gasteiger partial charge in [0.1, 0.15) is 5.75 Å². The quantitative estimate of drug-likeness (QED) is 0.377. The van der Waals surface area contributed by atoms with Gasteiger partial charge >= 0.3 is 11.9 Å².